The summed E-state index contributed by atoms with van der Waals surface area (Å²) in [5.74, 6) is 0.115. The van der Waals surface area contributed by atoms with Gasteiger partial charge >= 0.3 is 0 Å². The number of Topliss-reactive ketones (excluding diaryl/α,β-unsaturated/α-hetero) is 1. The first-order chi connectivity index (χ1) is 15.1. The molecule has 1 aromatic carbocycles. The van der Waals surface area contributed by atoms with E-state index in [0.717, 1.165) is 0 Å². The molecule has 0 amide bonds. The van der Waals surface area contributed by atoms with E-state index in [1.807, 2.05) is 0 Å². The van der Waals surface area contributed by atoms with Crippen molar-refractivity contribution in [3.8, 4) is 11.5 Å². The molecule has 0 aliphatic carbocycles. The summed E-state index contributed by atoms with van der Waals surface area (Å²) in [5, 5.41) is 60.0. The molecule has 0 unspecified atom stereocenters. The minimum atomic E-state index is -1.89. The van der Waals surface area contributed by atoms with Crippen LogP contribution in [0, 0.1) is 0 Å². The van der Waals surface area contributed by atoms with E-state index in [0.29, 0.717) is 5.56 Å². The zero-order valence-electron chi connectivity index (χ0n) is 17.5. The van der Waals surface area contributed by atoms with Gasteiger partial charge in [0.25, 0.3) is 0 Å². The van der Waals surface area contributed by atoms with Crippen molar-refractivity contribution >= 4 is 5.78 Å². The fourth-order valence-electron chi connectivity index (χ4n) is 3.39. The number of ketones is 1. The van der Waals surface area contributed by atoms with Crippen LogP contribution in [-0.2, 0) is 14.2 Å². The van der Waals surface area contributed by atoms with Crippen LogP contribution in [-0.4, -0.2) is 112 Å². The summed E-state index contributed by atoms with van der Waals surface area (Å²) in [4.78, 5) is 11.6. The Kier molecular flexibility index (Phi) is 7.70. The monoisotopic (exact) mass is 460 g/mol. The number of carbonyl (C=O) groups excluding carboxylic acids is 1. The number of methoxy groups -OCH3 is 1. The van der Waals surface area contributed by atoms with Gasteiger partial charge in [-0.1, -0.05) is 0 Å². The molecule has 1 aromatic rings. The molecule has 2 heterocycles. The van der Waals surface area contributed by atoms with Gasteiger partial charge in [-0.15, -0.1) is 0 Å². The highest BCUT2D eigenvalue weighted by atomic mass is 16.7. The Hall–Kier alpha value is -1.87. The molecule has 2 fully saturated rings. The van der Waals surface area contributed by atoms with Crippen molar-refractivity contribution in [3.05, 3.63) is 23.8 Å². The number of benzene rings is 1. The highest BCUT2D eigenvalue weighted by Crippen LogP contribution is 2.33. The number of aliphatic hydroxyl groups excluding tert-OH is 5. The Morgan fingerprint density at radius 3 is 2.44 bits per heavy atom. The van der Waals surface area contributed by atoms with Crippen molar-refractivity contribution in [1.82, 2.24) is 0 Å². The zero-order valence-corrected chi connectivity index (χ0v) is 17.5. The summed E-state index contributed by atoms with van der Waals surface area (Å²) >= 11 is 0. The van der Waals surface area contributed by atoms with Crippen molar-refractivity contribution in [1.29, 1.82) is 0 Å². The van der Waals surface area contributed by atoms with E-state index < -0.39 is 61.9 Å². The van der Waals surface area contributed by atoms with Crippen LogP contribution in [0.25, 0.3) is 0 Å². The Morgan fingerprint density at radius 2 is 1.84 bits per heavy atom. The summed E-state index contributed by atoms with van der Waals surface area (Å²) in [6.45, 7) is -0.138. The normalized spacial score (nSPS) is 37.3. The van der Waals surface area contributed by atoms with Gasteiger partial charge in [0.1, 0.15) is 36.1 Å². The van der Waals surface area contributed by atoms with Gasteiger partial charge in [-0.2, -0.15) is 0 Å². The predicted octanol–water partition coefficient (Wildman–Crippen LogP) is -2.46. The van der Waals surface area contributed by atoms with Gasteiger partial charge in [0.05, 0.1) is 26.9 Å². The van der Waals surface area contributed by atoms with Crippen LogP contribution < -0.4 is 9.47 Å². The van der Waals surface area contributed by atoms with E-state index >= 15 is 0 Å². The average molecular weight is 460 g/mol. The highest BCUT2D eigenvalue weighted by molar-refractivity contribution is 5.94. The van der Waals surface area contributed by atoms with Crippen LogP contribution >= 0.6 is 0 Å². The summed E-state index contributed by atoms with van der Waals surface area (Å²) in [6.07, 6.45) is -10.4. The maximum atomic E-state index is 11.6. The molecule has 2 aliphatic heterocycles. The first kappa shape index (κ1) is 24.8. The summed E-state index contributed by atoms with van der Waals surface area (Å²) in [7, 11) is 1.36. The third kappa shape index (κ3) is 4.88. The lowest BCUT2D eigenvalue weighted by molar-refractivity contribution is -0.289. The van der Waals surface area contributed by atoms with Gasteiger partial charge < -0.3 is 54.3 Å². The molecule has 3 rings (SSSR count). The SMILES string of the molecule is COc1cc(C(C)=O)ccc1O[C@@H]1O[C@H](CO[C@H]2OC[C@](O)(CO)[C@H]2O)[C@@H](O)[C@H](O)[C@H]1O. The second-order valence-electron chi connectivity index (χ2n) is 7.77. The second-order valence-corrected chi connectivity index (χ2v) is 7.77. The Bertz CT molecular complexity index is 803. The van der Waals surface area contributed by atoms with E-state index in [1.165, 1.54) is 32.2 Å². The first-order valence-corrected chi connectivity index (χ1v) is 9.91. The molecule has 2 saturated heterocycles. The lowest BCUT2D eigenvalue weighted by Crippen LogP contribution is -2.60. The molecule has 0 aromatic heterocycles. The van der Waals surface area contributed by atoms with Crippen LogP contribution in [0.2, 0.25) is 0 Å². The molecular weight excluding hydrogens is 432 g/mol. The van der Waals surface area contributed by atoms with E-state index in [4.69, 9.17) is 23.7 Å². The Balaban J connectivity index is 1.69. The fraction of sp³-hybridized carbons (Fsp3) is 0.650. The minimum absolute atomic E-state index is 0.118. The van der Waals surface area contributed by atoms with E-state index in [9.17, 15) is 35.4 Å². The largest absolute Gasteiger partial charge is 0.493 e. The summed E-state index contributed by atoms with van der Waals surface area (Å²) < 4.78 is 26.9. The van der Waals surface area contributed by atoms with Crippen molar-refractivity contribution in [3.63, 3.8) is 0 Å². The molecule has 8 atom stereocenters. The van der Waals surface area contributed by atoms with Gasteiger partial charge in [0.15, 0.2) is 23.6 Å². The van der Waals surface area contributed by atoms with Gasteiger partial charge in [-0.25, -0.2) is 0 Å². The number of hydrogen-bond acceptors (Lipinski definition) is 12. The second kappa shape index (κ2) is 9.95. The molecule has 12 nitrogen and oxygen atoms in total. The van der Waals surface area contributed by atoms with Gasteiger partial charge in [0, 0.05) is 5.56 Å². The van der Waals surface area contributed by atoms with Crippen LogP contribution in [0.15, 0.2) is 18.2 Å². The maximum Gasteiger partial charge on any atom is 0.229 e. The van der Waals surface area contributed by atoms with Crippen LogP contribution in [0.5, 0.6) is 11.5 Å². The van der Waals surface area contributed by atoms with Gasteiger partial charge in [-0.3, -0.25) is 4.79 Å². The third-order valence-electron chi connectivity index (χ3n) is 5.49. The molecule has 6 N–H and O–H groups in total. The average Bonchev–Trinajstić information content (AvgIpc) is 3.07. The lowest BCUT2D eigenvalue weighted by atomic mass is 9.99. The number of aliphatic hydroxyl groups is 6. The van der Waals surface area contributed by atoms with Crippen LogP contribution in [0.3, 0.4) is 0 Å². The van der Waals surface area contributed by atoms with Crippen molar-refractivity contribution in [2.75, 3.05) is 26.9 Å². The van der Waals surface area contributed by atoms with Gasteiger partial charge in [0.2, 0.25) is 6.29 Å². The Labute approximate surface area is 183 Å². The zero-order chi connectivity index (χ0) is 23.6. The molecular formula is C20H28O12. The molecule has 2 aliphatic rings. The molecule has 0 saturated carbocycles. The van der Waals surface area contributed by atoms with Crippen molar-refractivity contribution in [2.45, 2.75) is 55.6 Å². The fourth-order valence-corrected chi connectivity index (χ4v) is 3.39. The molecule has 0 spiro atoms. The number of hydrogen-bond donors (Lipinski definition) is 6. The summed E-state index contributed by atoms with van der Waals surface area (Å²) in [5.41, 5.74) is -1.51. The molecule has 0 radical (unpaired) electrons. The quantitative estimate of drug-likeness (QED) is 0.225. The molecule has 32 heavy (non-hydrogen) atoms. The van der Waals surface area contributed by atoms with Crippen LogP contribution in [0.4, 0.5) is 0 Å². The topological polar surface area (TPSA) is 185 Å². The van der Waals surface area contributed by atoms with Crippen molar-refractivity contribution in [2.24, 2.45) is 0 Å². The lowest BCUT2D eigenvalue weighted by Gasteiger charge is -2.40. The molecule has 180 valence electrons. The predicted molar refractivity (Wildman–Crippen MR) is 104 cm³/mol. The van der Waals surface area contributed by atoms with E-state index in [-0.39, 0.29) is 23.9 Å². The third-order valence-corrected chi connectivity index (χ3v) is 5.49. The molecule has 0 bridgehead atoms. The standard InChI is InChI=1S/C20H28O12/c1-9(22)10-3-4-11(12(5-10)28-2)31-18-16(25)15(24)14(23)13(32-18)6-29-19-17(26)20(27,7-21)8-30-19/h3-5,13-19,21,23-27H,6-8H2,1-2H3/t13-,14-,15+,16-,17+,18-,19+,20-/m1/s1. The van der Waals surface area contributed by atoms with Crippen LogP contribution in [0.1, 0.15) is 17.3 Å². The summed E-state index contributed by atoms with van der Waals surface area (Å²) in [6, 6.07) is 4.37. The maximum absolute atomic E-state index is 11.6. The number of ether oxygens (including phenoxy) is 5. The molecule has 12 heteroatoms. The van der Waals surface area contributed by atoms with E-state index in [1.54, 1.807) is 0 Å². The first-order valence-electron chi connectivity index (χ1n) is 9.91. The number of rotatable bonds is 8. The van der Waals surface area contributed by atoms with Crippen molar-refractivity contribution < 1.29 is 59.1 Å². The number of carbonyl (C=O) groups is 1. The highest BCUT2D eigenvalue weighted by Gasteiger charge is 2.50. The Morgan fingerprint density at radius 1 is 1.12 bits per heavy atom. The van der Waals surface area contributed by atoms with E-state index in [2.05, 4.69) is 0 Å². The smallest absolute Gasteiger partial charge is 0.229 e. The minimum Gasteiger partial charge on any atom is -0.493 e. The van der Waals surface area contributed by atoms with Gasteiger partial charge in [-0.05, 0) is 25.1 Å².